The fraction of sp³-hybridized carbons (Fsp3) is 0.100. The van der Waals surface area contributed by atoms with Gasteiger partial charge in [0.2, 0.25) is 0 Å². The molecule has 0 bridgehead atoms. The smallest absolute Gasteiger partial charge is 0.267 e. The number of nitrogens with zero attached hydrogens (tertiary/aromatic N) is 1. The van der Waals surface area contributed by atoms with Crippen molar-refractivity contribution in [2.45, 2.75) is 13.5 Å². The first-order valence-electron chi connectivity index (χ1n) is 7.94. The molecule has 1 heterocycles. The SMILES string of the molecule is Cc1ccc(CNc2ccnc(C(N)=O)c2)c(Oc2ccccc2)c1. The van der Waals surface area contributed by atoms with Gasteiger partial charge >= 0.3 is 0 Å². The number of hydrogen-bond acceptors (Lipinski definition) is 4. The molecule has 0 aliphatic rings. The zero-order chi connectivity index (χ0) is 17.6. The third-order valence-electron chi connectivity index (χ3n) is 3.69. The van der Waals surface area contributed by atoms with Gasteiger partial charge in [0.25, 0.3) is 5.91 Å². The number of aromatic nitrogens is 1. The molecule has 0 saturated carbocycles. The minimum atomic E-state index is -0.549. The summed E-state index contributed by atoms with van der Waals surface area (Å²) >= 11 is 0. The van der Waals surface area contributed by atoms with Crippen molar-refractivity contribution >= 4 is 11.6 Å². The lowest BCUT2D eigenvalue weighted by Crippen LogP contribution is -2.13. The third-order valence-corrected chi connectivity index (χ3v) is 3.69. The highest BCUT2D eigenvalue weighted by Gasteiger charge is 2.07. The summed E-state index contributed by atoms with van der Waals surface area (Å²) in [6, 6.07) is 19.1. The van der Waals surface area contributed by atoms with Crippen LogP contribution in [0.25, 0.3) is 0 Å². The molecule has 2 aromatic carbocycles. The molecule has 0 fully saturated rings. The number of amides is 1. The maximum atomic E-state index is 11.2. The highest BCUT2D eigenvalue weighted by molar-refractivity contribution is 5.91. The Morgan fingerprint density at radius 2 is 1.92 bits per heavy atom. The molecule has 0 radical (unpaired) electrons. The van der Waals surface area contributed by atoms with E-state index >= 15 is 0 Å². The second kappa shape index (κ2) is 7.49. The first kappa shape index (κ1) is 16.5. The lowest BCUT2D eigenvalue weighted by atomic mass is 10.1. The van der Waals surface area contributed by atoms with E-state index in [1.807, 2.05) is 55.5 Å². The number of para-hydroxylation sites is 1. The number of hydrogen-bond donors (Lipinski definition) is 2. The molecule has 0 unspecified atom stereocenters. The molecule has 1 aromatic heterocycles. The van der Waals surface area contributed by atoms with Gasteiger partial charge in [-0.2, -0.15) is 0 Å². The largest absolute Gasteiger partial charge is 0.457 e. The Labute approximate surface area is 146 Å². The van der Waals surface area contributed by atoms with Crippen LogP contribution in [0.2, 0.25) is 0 Å². The number of nitrogens with one attached hydrogen (secondary N) is 1. The van der Waals surface area contributed by atoms with Gasteiger partial charge in [-0.3, -0.25) is 9.78 Å². The molecular weight excluding hydrogens is 314 g/mol. The Kier molecular flexibility index (Phi) is 4.95. The number of carbonyl (C=O) groups is 1. The first-order valence-corrected chi connectivity index (χ1v) is 7.94. The Morgan fingerprint density at radius 3 is 2.68 bits per heavy atom. The van der Waals surface area contributed by atoms with E-state index in [2.05, 4.69) is 10.3 Å². The summed E-state index contributed by atoms with van der Waals surface area (Å²) in [5, 5.41) is 3.27. The van der Waals surface area contributed by atoms with E-state index in [1.165, 1.54) is 0 Å². The van der Waals surface area contributed by atoms with Crippen LogP contribution in [0.3, 0.4) is 0 Å². The van der Waals surface area contributed by atoms with Crippen molar-refractivity contribution in [3.8, 4) is 11.5 Å². The standard InChI is InChI=1S/C20H19N3O2/c1-14-7-8-15(19(11-14)25-17-5-3-2-4-6-17)13-23-16-9-10-22-18(12-16)20(21)24/h2-12H,13H2,1H3,(H2,21,24)(H,22,23). The monoisotopic (exact) mass is 333 g/mol. The number of pyridine rings is 1. The van der Waals surface area contributed by atoms with Gasteiger partial charge in [0.1, 0.15) is 17.2 Å². The number of nitrogens with two attached hydrogens (primary N) is 1. The average molecular weight is 333 g/mol. The normalized spacial score (nSPS) is 10.3. The molecule has 0 saturated heterocycles. The van der Waals surface area contributed by atoms with E-state index in [4.69, 9.17) is 10.5 Å². The van der Waals surface area contributed by atoms with E-state index in [1.54, 1.807) is 18.3 Å². The van der Waals surface area contributed by atoms with Gasteiger partial charge in [-0.1, -0.05) is 30.3 Å². The summed E-state index contributed by atoms with van der Waals surface area (Å²) in [5.41, 5.74) is 8.40. The molecule has 1 amide bonds. The fourth-order valence-corrected chi connectivity index (χ4v) is 2.39. The summed E-state index contributed by atoms with van der Waals surface area (Å²) in [7, 11) is 0. The van der Waals surface area contributed by atoms with Crippen LogP contribution in [-0.2, 0) is 6.54 Å². The quantitative estimate of drug-likeness (QED) is 0.717. The van der Waals surface area contributed by atoms with Crippen molar-refractivity contribution in [3.05, 3.63) is 83.7 Å². The molecular formula is C20H19N3O2. The first-order chi connectivity index (χ1) is 12.1. The summed E-state index contributed by atoms with van der Waals surface area (Å²) in [6.07, 6.45) is 1.55. The van der Waals surface area contributed by atoms with Crippen molar-refractivity contribution in [2.24, 2.45) is 5.73 Å². The third kappa shape index (κ3) is 4.35. The second-order valence-electron chi connectivity index (χ2n) is 5.67. The van der Waals surface area contributed by atoms with Gasteiger partial charge in [-0.25, -0.2) is 0 Å². The van der Waals surface area contributed by atoms with Gasteiger partial charge in [0, 0.05) is 24.0 Å². The predicted molar refractivity (Wildman–Crippen MR) is 97.8 cm³/mol. The number of benzene rings is 2. The summed E-state index contributed by atoms with van der Waals surface area (Å²) in [6.45, 7) is 2.57. The van der Waals surface area contributed by atoms with E-state index in [-0.39, 0.29) is 5.69 Å². The van der Waals surface area contributed by atoms with Crippen molar-refractivity contribution in [2.75, 3.05) is 5.32 Å². The van der Waals surface area contributed by atoms with Gasteiger partial charge in [0.05, 0.1) is 0 Å². The zero-order valence-corrected chi connectivity index (χ0v) is 13.9. The number of anilines is 1. The molecule has 25 heavy (non-hydrogen) atoms. The van der Waals surface area contributed by atoms with Crippen LogP contribution in [0, 0.1) is 6.92 Å². The Hall–Kier alpha value is -3.34. The molecule has 5 heteroatoms. The van der Waals surface area contributed by atoms with Gasteiger partial charge in [-0.05, 0) is 42.8 Å². The summed E-state index contributed by atoms with van der Waals surface area (Å²) < 4.78 is 6.01. The van der Waals surface area contributed by atoms with Crippen LogP contribution < -0.4 is 15.8 Å². The Balaban J connectivity index is 1.78. The predicted octanol–water partition coefficient (Wildman–Crippen LogP) is 3.89. The minimum Gasteiger partial charge on any atom is -0.457 e. The lowest BCUT2D eigenvalue weighted by molar-refractivity contribution is 0.0995. The van der Waals surface area contributed by atoms with Crippen LogP contribution in [-0.4, -0.2) is 10.9 Å². The van der Waals surface area contributed by atoms with Crippen LogP contribution >= 0.6 is 0 Å². The number of carbonyl (C=O) groups excluding carboxylic acids is 1. The topological polar surface area (TPSA) is 77.2 Å². The lowest BCUT2D eigenvalue weighted by Gasteiger charge is -2.14. The summed E-state index contributed by atoms with van der Waals surface area (Å²) in [5.74, 6) is 1.03. The maximum absolute atomic E-state index is 11.2. The molecule has 0 spiro atoms. The minimum absolute atomic E-state index is 0.231. The van der Waals surface area contributed by atoms with E-state index in [0.717, 1.165) is 28.3 Å². The average Bonchev–Trinajstić information content (AvgIpc) is 2.62. The molecule has 126 valence electrons. The number of primary amides is 1. The van der Waals surface area contributed by atoms with Crippen molar-refractivity contribution in [1.29, 1.82) is 0 Å². The molecule has 3 rings (SSSR count). The molecule has 0 aliphatic heterocycles. The van der Waals surface area contributed by atoms with Gasteiger partial charge in [-0.15, -0.1) is 0 Å². The van der Waals surface area contributed by atoms with Crippen LogP contribution in [0.5, 0.6) is 11.5 Å². The number of ether oxygens (including phenoxy) is 1. The second-order valence-corrected chi connectivity index (χ2v) is 5.67. The highest BCUT2D eigenvalue weighted by Crippen LogP contribution is 2.27. The molecule has 3 aromatic rings. The molecule has 0 atom stereocenters. The zero-order valence-electron chi connectivity index (χ0n) is 13.9. The Morgan fingerprint density at radius 1 is 1.12 bits per heavy atom. The molecule has 0 aliphatic carbocycles. The van der Waals surface area contributed by atoms with Gasteiger partial charge in [0.15, 0.2) is 0 Å². The summed E-state index contributed by atoms with van der Waals surface area (Å²) in [4.78, 5) is 15.2. The molecule has 3 N–H and O–H groups in total. The number of rotatable bonds is 6. The maximum Gasteiger partial charge on any atom is 0.267 e. The van der Waals surface area contributed by atoms with E-state index in [0.29, 0.717) is 6.54 Å². The van der Waals surface area contributed by atoms with Crippen LogP contribution in [0.15, 0.2) is 66.9 Å². The molecule has 5 nitrogen and oxygen atoms in total. The van der Waals surface area contributed by atoms with E-state index in [9.17, 15) is 4.79 Å². The van der Waals surface area contributed by atoms with Crippen molar-refractivity contribution in [1.82, 2.24) is 4.98 Å². The fourth-order valence-electron chi connectivity index (χ4n) is 2.39. The number of aryl methyl sites for hydroxylation is 1. The van der Waals surface area contributed by atoms with E-state index < -0.39 is 5.91 Å². The van der Waals surface area contributed by atoms with Crippen molar-refractivity contribution in [3.63, 3.8) is 0 Å². The van der Waals surface area contributed by atoms with Crippen molar-refractivity contribution < 1.29 is 9.53 Å². The van der Waals surface area contributed by atoms with Crippen LogP contribution in [0.4, 0.5) is 5.69 Å². The highest BCUT2D eigenvalue weighted by atomic mass is 16.5. The Bertz CT molecular complexity index is 879. The van der Waals surface area contributed by atoms with Gasteiger partial charge < -0.3 is 15.8 Å². The van der Waals surface area contributed by atoms with Crippen LogP contribution in [0.1, 0.15) is 21.6 Å².